The Balaban J connectivity index is 1.38. The van der Waals surface area contributed by atoms with Gasteiger partial charge in [0.1, 0.15) is 0 Å². The van der Waals surface area contributed by atoms with Crippen molar-refractivity contribution < 1.29 is 9.59 Å². The molecule has 6 heteroatoms. The number of rotatable bonds is 7. The maximum absolute atomic E-state index is 12.6. The molecule has 0 saturated carbocycles. The van der Waals surface area contributed by atoms with Crippen LogP contribution in [0.3, 0.4) is 0 Å². The van der Waals surface area contributed by atoms with Gasteiger partial charge in [-0.25, -0.2) is 0 Å². The second-order valence-corrected chi connectivity index (χ2v) is 8.07. The average Bonchev–Trinajstić information content (AvgIpc) is 3.31. The molecule has 0 aliphatic rings. The number of fused-ring (bicyclic) bond motifs is 1. The normalized spacial score (nSPS) is 11.1. The standard InChI is InChI=1S/C29H22N4O2/c34-28(21-7-3-1-4-8-21)18-20-11-13-26-24(17-20)27(33-32-26)14-12-23-19-30-16-15-25(23)31-29(35)22-9-5-2-6-10-22/h1-17,19H,18H2,(H,32,33)(H,30,31,35)/b14-12+. The molecule has 0 atom stereocenters. The number of hydrogen-bond acceptors (Lipinski definition) is 4. The fraction of sp³-hybridized carbons (Fsp3) is 0.0345. The first-order valence-corrected chi connectivity index (χ1v) is 11.2. The minimum atomic E-state index is -0.189. The first kappa shape index (κ1) is 22.0. The summed E-state index contributed by atoms with van der Waals surface area (Å²) >= 11 is 0. The van der Waals surface area contributed by atoms with Crippen molar-refractivity contribution in [3.05, 3.63) is 125 Å². The van der Waals surface area contributed by atoms with E-state index < -0.39 is 0 Å². The van der Waals surface area contributed by atoms with Gasteiger partial charge in [0.25, 0.3) is 5.91 Å². The van der Waals surface area contributed by atoms with Gasteiger partial charge in [-0.15, -0.1) is 0 Å². The highest BCUT2D eigenvalue weighted by molar-refractivity contribution is 6.05. The lowest BCUT2D eigenvalue weighted by atomic mass is 10.0. The van der Waals surface area contributed by atoms with Gasteiger partial charge in [-0.05, 0) is 48.0 Å². The zero-order valence-electron chi connectivity index (χ0n) is 18.8. The van der Waals surface area contributed by atoms with E-state index in [0.29, 0.717) is 23.2 Å². The van der Waals surface area contributed by atoms with Crippen LogP contribution in [0.1, 0.15) is 37.5 Å². The third-order valence-electron chi connectivity index (χ3n) is 5.67. The summed E-state index contributed by atoms with van der Waals surface area (Å²) in [7, 11) is 0. The second-order valence-electron chi connectivity index (χ2n) is 8.07. The van der Waals surface area contributed by atoms with Crippen molar-refractivity contribution in [2.24, 2.45) is 0 Å². The zero-order chi connectivity index (χ0) is 24.0. The van der Waals surface area contributed by atoms with E-state index in [9.17, 15) is 9.59 Å². The molecule has 5 aromatic rings. The van der Waals surface area contributed by atoms with E-state index in [1.165, 1.54) is 0 Å². The van der Waals surface area contributed by atoms with Crippen LogP contribution in [0.25, 0.3) is 23.1 Å². The Bertz CT molecular complexity index is 1520. The molecule has 35 heavy (non-hydrogen) atoms. The number of nitrogens with one attached hydrogen (secondary N) is 2. The van der Waals surface area contributed by atoms with Crippen molar-refractivity contribution in [3.8, 4) is 0 Å². The summed E-state index contributed by atoms with van der Waals surface area (Å²) < 4.78 is 0. The summed E-state index contributed by atoms with van der Waals surface area (Å²) in [6.45, 7) is 0. The molecule has 1 amide bonds. The number of carbonyl (C=O) groups is 2. The van der Waals surface area contributed by atoms with Crippen molar-refractivity contribution in [1.82, 2.24) is 15.2 Å². The van der Waals surface area contributed by atoms with Gasteiger partial charge in [-0.1, -0.05) is 54.6 Å². The molecule has 0 unspecified atom stereocenters. The number of carbonyl (C=O) groups excluding carboxylic acids is 2. The number of pyridine rings is 1. The largest absolute Gasteiger partial charge is 0.321 e. The highest BCUT2D eigenvalue weighted by Gasteiger charge is 2.11. The fourth-order valence-corrected chi connectivity index (χ4v) is 3.84. The molecule has 0 saturated heterocycles. The number of hydrogen-bond donors (Lipinski definition) is 2. The minimum absolute atomic E-state index is 0.0692. The predicted octanol–water partition coefficient (Wildman–Crippen LogP) is 5.81. The summed E-state index contributed by atoms with van der Waals surface area (Å²) in [5, 5.41) is 11.3. The first-order chi connectivity index (χ1) is 17.2. The molecule has 0 spiro atoms. The van der Waals surface area contributed by atoms with Gasteiger partial charge in [0.05, 0.1) is 16.9 Å². The molecule has 5 rings (SSSR count). The van der Waals surface area contributed by atoms with Gasteiger partial charge in [-0.2, -0.15) is 5.10 Å². The van der Waals surface area contributed by atoms with Crippen molar-refractivity contribution in [2.75, 3.05) is 5.32 Å². The van der Waals surface area contributed by atoms with E-state index >= 15 is 0 Å². The molecular formula is C29H22N4O2. The van der Waals surface area contributed by atoms with Gasteiger partial charge in [0.2, 0.25) is 0 Å². The van der Waals surface area contributed by atoms with Gasteiger partial charge in [-0.3, -0.25) is 19.7 Å². The van der Waals surface area contributed by atoms with Crippen molar-refractivity contribution in [3.63, 3.8) is 0 Å². The van der Waals surface area contributed by atoms with Crippen LogP contribution in [0.15, 0.2) is 97.3 Å². The molecule has 2 N–H and O–H groups in total. The predicted molar refractivity (Wildman–Crippen MR) is 138 cm³/mol. The summed E-state index contributed by atoms with van der Waals surface area (Å²) in [5.41, 5.74) is 5.22. The van der Waals surface area contributed by atoms with Crippen molar-refractivity contribution in [2.45, 2.75) is 6.42 Å². The van der Waals surface area contributed by atoms with Crippen LogP contribution in [0.5, 0.6) is 0 Å². The third-order valence-corrected chi connectivity index (χ3v) is 5.67. The van der Waals surface area contributed by atoms with Crippen LogP contribution >= 0.6 is 0 Å². The highest BCUT2D eigenvalue weighted by Crippen LogP contribution is 2.23. The maximum atomic E-state index is 12.6. The Kier molecular flexibility index (Phi) is 6.26. The van der Waals surface area contributed by atoms with E-state index in [4.69, 9.17) is 0 Å². The first-order valence-electron chi connectivity index (χ1n) is 11.2. The lowest BCUT2D eigenvalue weighted by Crippen LogP contribution is -2.12. The quantitative estimate of drug-likeness (QED) is 0.302. The zero-order valence-corrected chi connectivity index (χ0v) is 18.8. The summed E-state index contributed by atoms with van der Waals surface area (Å²) in [6, 6.07) is 25.9. The number of anilines is 1. The molecule has 2 aromatic heterocycles. The molecule has 0 radical (unpaired) electrons. The lowest BCUT2D eigenvalue weighted by Gasteiger charge is -2.08. The molecule has 3 aromatic carbocycles. The Morgan fingerprint density at radius 2 is 1.60 bits per heavy atom. The van der Waals surface area contributed by atoms with Crippen LogP contribution < -0.4 is 5.32 Å². The molecule has 170 valence electrons. The number of nitrogens with zero attached hydrogens (tertiary/aromatic N) is 2. The van der Waals surface area contributed by atoms with Gasteiger partial charge in [0.15, 0.2) is 5.78 Å². The smallest absolute Gasteiger partial charge is 0.255 e. The molecule has 0 aliphatic carbocycles. The Morgan fingerprint density at radius 3 is 2.37 bits per heavy atom. The number of benzene rings is 3. The summed E-state index contributed by atoms with van der Waals surface area (Å²) in [5.74, 6) is -0.120. The monoisotopic (exact) mass is 458 g/mol. The summed E-state index contributed by atoms with van der Waals surface area (Å²) in [4.78, 5) is 29.4. The van der Waals surface area contributed by atoms with Crippen LogP contribution in [0, 0.1) is 0 Å². The van der Waals surface area contributed by atoms with Gasteiger partial charge < -0.3 is 5.32 Å². The number of Topliss-reactive ketones (excluding diaryl/α,β-unsaturated/α-hetero) is 1. The molecule has 6 nitrogen and oxygen atoms in total. The van der Waals surface area contributed by atoms with Crippen LogP contribution in [-0.4, -0.2) is 26.9 Å². The average molecular weight is 459 g/mol. The van der Waals surface area contributed by atoms with Crippen molar-refractivity contribution >= 4 is 40.4 Å². The lowest BCUT2D eigenvalue weighted by molar-refractivity contribution is 0.0991. The van der Waals surface area contributed by atoms with E-state index in [1.54, 1.807) is 30.6 Å². The molecule has 0 aliphatic heterocycles. The van der Waals surface area contributed by atoms with E-state index in [-0.39, 0.29) is 11.7 Å². The topological polar surface area (TPSA) is 87.7 Å². The second kappa shape index (κ2) is 9.97. The van der Waals surface area contributed by atoms with Gasteiger partial charge >= 0.3 is 0 Å². The number of amides is 1. The SMILES string of the molecule is O=C(Cc1ccc2n[nH]c(/C=C/c3cnccc3NC(=O)c3ccccc3)c2c1)c1ccccc1. The van der Waals surface area contributed by atoms with E-state index in [0.717, 1.165) is 27.7 Å². The van der Waals surface area contributed by atoms with Crippen LogP contribution in [0.4, 0.5) is 5.69 Å². The third kappa shape index (κ3) is 5.07. The molecular weight excluding hydrogens is 436 g/mol. The van der Waals surface area contributed by atoms with Crippen LogP contribution in [0.2, 0.25) is 0 Å². The molecule has 2 heterocycles. The number of aromatic nitrogens is 3. The Hall–Kier alpha value is -4.84. The minimum Gasteiger partial charge on any atom is -0.321 e. The van der Waals surface area contributed by atoms with Crippen LogP contribution in [-0.2, 0) is 6.42 Å². The Morgan fingerprint density at radius 1 is 0.857 bits per heavy atom. The Labute approximate surface area is 202 Å². The van der Waals surface area contributed by atoms with Crippen molar-refractivity contribution in [1.29, 1.82) is 0 Å². The van der Waals surface area contributed by atoms with E-state index in [1.807, 2.05) is 78.9 Å². The molecule has 0 bridgehead atoms. The number of aromatic amines is 1. The maximum Gasteiger partial charge on any atom is 0.255 e. The van der Waals surface area contributed by atoms with E-state index in [2.05, 4.69) is 20.5 Å². The number of H-pyrrole nitrogens is 1. The van der Waals surface area contributed by atoms with Gasteiger partial charge in [0, 0.05) is 40.9 Å². The fourth-order valence-electron chi connectivity index (χ4n) is 3.84. The molecule has 0 fully saturated rings. The number of ketones is 1. The summed E-state index contributed by atoms with van der Waals surface area (Å²) in [6.07, 6.45) is 7.42. The highest BCUT2D eigenvalue weighted by atomic mass is 16.1.